The first kappa shape index (κ1) is 21.7. The Labute approximate surface area is 176 Å². The number of sulfonamides is 1. The lowest BCUT2D eigenvalue weighted by Gasteiger charge is -2.11. The van der Waals surface area contributed by atoms with Crippen LogP contribution in [0.1, 0.15) is 23.9 Å². The highest BCUT2D eigenvalue weighted by Gasteiger charge is 2.15. The number of hydrogen-bond donors (Lipinski definition) is 2. The fraction of sp³-hybridized carbons (Fsp3) is 0.350. The third-order valence-electron chi connectivity index (χ3n) is 4.36. The number of anilines is 1. The molecule has 2 N–H and O–H groups in total. The van der Waals surface area contributed by atoms with E-state index in [4.69, 9.17) is 4.74 Å². The molecule has 10 heteroatoms. The second-order valence-electron chi connectivity index (χ2n) is 6.79. The van der Waals surface area contributed by atoms with Gasteiger partial charge in [0.2, 0.25) is 10.0 Å². The monoisotopic (exact) mass is 430 g/mol. The molecule has 0 atom stereocenters. The normalized spacial score (nSPS) is 11.5. The SMILES string of the molecule is CCOc1ccc(S(=O)(=O)NCCNc2cc(-n3nc(C)cc3C)ncn2)cc1C. The Morgan fingerprint density at radius 3 is 2.53 bits per heavy atom. The van der Waals surface area contributed by atoms with Crippen molar-refractivity contribution in [3.8, 4) is 11.6 Å². The molecule has 2 aromatic heterocycles. The van der Waals surface area contributed by atoms with Gasteiger partial charge in [-0.25, -0.2) is 27.8 Å². The van der Waals surface area contributed by atoms with Crippen molar-refractivity contribution in [2.75, 3.05) is 25.0 Å². The van der Waals surface area contributed by atoms with Gasteiger partial charge in [-0.3, -0.25) is 0 Å². The van der Waals surface area contributed by atoms with Gasteiger partial charge >= 0.3 is 0 Å². The molecule has 0 saturated heterocycles. The van der Waals surface area contributed by atoms with Crippen molar-refractivity contribution in [2.45, 2.75) is 32.6 Å². The van der Waals surface area contributed by atoms with Crippen molar-refractivity contribution >= 4 is 15.8 Å². The van der Waals surface area contributed by atoms with Crippen LogP contribution >= 0.6 is 0 Å². The summed E-state index contributed by atoms with van der Waals surface area (Å²) in [7, 11) is -3.62. The van der Waals surface area contributed by atoms with E-state index in [1.54, 1.807) is 28.9 Å². The minimum atomic E-state index is -3.62. The number of rotatable bonds is 9. The van der Waals surface area contributed by atoms with Gasteiger partial charge in [0.05, 0.1) is 17.2 Å². The summed E-state index contributed by atoms with van der Waals surface area (Å²) in [5.74, 6) is 1.91. The van der Waals surface area contributed by atoms with Gasteiger partial charge in [-0.15, -0.1) is 0 Å². The van der Waals surface area contributed by atoms with E-state index < -0.39 is 10.0 Å². The van der Waals surface area contributed by atoms with Crippen LogP contribution in [0.3, 0.4) is 0 Å². The van der Waals surface area contributed by atoms with E-state index in [1.165, 1.54) is 6.33 Å². The fourth-order valence-electron chi connectivity index (χ4n) is 2.99. The highest BCUT2D eigenvalue weighted by Crippen LogP contribution is 2.21. The smallest absolute Gasteiger partial charge is 0.240 e. The first-order valence-corrected chi connectivity index (χ1v) is 11.1. The predicted molar refractivity (Wildman–Crippen MR) is 115 cm³/mol. The first-order valence-electron chi connectivity index (χ1n) is 9.63. The first-order chi connectivity index (χ1) is 14.3. The second-order valence-corrected chi connectivity index (χ2v) is 8.55. The molecule has 0 radical (unpaired) electrons. The van der Waals surface area contributed by atoms with Crippen molar-refractivity contribution in [1.29, 1.82) is 0 Å². The summed E-state index contributed by atoms with van der Waals surface area (Å²) in [5.41, 5.74) is 2.64. The van der Waals surface area contributed by atoms with Gasteiger partial charge < -0.3 is 10.1 Å². The molecular formula is C20H26N6O3S. The summed E-state index contributed by atoms with van der Waals surface area (Å²) < 4.78 is 34.8. The van der Waals surface area contributed by atoms with Crippen LogP contribution in [0.2, 0.25) is 0 Å². The molecule has 0 aliphatic rings. The Kier molecular flexibility index (Phi) is 6.68. The van der Waals surface area contributed by atoms with Crippen molar-refractivity contribution < 1.29 is 13.2 Å². The maximum Gasteiger partial charge on any atom is 0.240 e. The molecule has 0 amide bonds. The number of nitrogens with one attached hydrogen (secondary N) is 2. The van der Waals surface area contributed by atoms with Crippen LogP contribution in [0.5, 0.6) is 5.75 Å². The molecule has 160 valence electrons. The quantitative estimate of drug-likeness (QED) is 0.501. The third-order valence-corrected chi connectivity index (χ3v) is 5.82. The van der Waals surface area contributed by atoms with E-state index in [2.05, 4.69) is 25.1 Å². The molecule has 0 bridgehead atoms. The zero-order valence-electron chi connectivity index (χ0n) is 17.5. The molecule has 0 fully saturated rings. The van der Waals surface area contributed by atoms with Crippen LogP contribution < -0.4 is 14.8 Å². The van der Waals surface area contributed by atoms with Gasteiger partial charge in [0.1, 0.15) is 17.9 Å². The van der Waals surface area contributed by atoms with Crippen LogP contribution in [0.15, 0.2) is 41.6 Å². The lowest BCUT2D eigenvalue weighted by Crippen LogP contribution is -2.29. The molecule has 1 aromatic carbocycles. The third kappa shape index (κ3) is 5.14. The number of nitrogens with zero attached hydrogens (tertiary/aromatic N) is 4. The van der Waals surface area contributed by atoms with Crippen molar-refractivity contribution in [3.63, 3.8) is 0 Å². The predicted octanol–water partition coefficient (Wildman–Crippen LogP) is 2.38. The Morgan fingerprint density at radius 2 is 1.87 bits per heavy atom. The molecule has 0 aliphatic heterocycles. The van der Waals surface area contributed by atoms with Gasteiger partial charge in [-0.1, -0.05) is 0 Å². The van der Waals surface area contributed by atoms with Crippen LogP contribution in [-0.2, 0) is 10.0 Å². The Hall–Kier alpha value is -2.98. The molecule has 0 saturated carbocycles. The van der Waals surface area contributed by atoms with Crippen LogP contribution in [0, 0.1) is 20.8 Å². The summed E-state index contributed by atoms with van der Waals surface area (Å²) in [6.45, 7) is 8.67. The number of benzene rings is 1. The molecule has 0 unspecified atom stereocenters. The number of hydrogen-bond acceptors (Lipinski definition) is 7. The standard InChI is InChI=1S/C20H26N6O3S/c1-5-29-18-7-6-17(10-14(18)2)30(27,28)24-9-8-21-19-12-20(23-13-22-19)26-16(4)11-15(3)25-26/h6-7,10-13,24H,5,8-9H2,1-4H3,(H,21,22,23). The van der Waals surface area contributed by atoms with Crippen molar-refractivity contribution in [1.82, 2.24) is 24.5 Å². The van der Waals surface area contributed by atoms with Gasteiger partial charge in [0.25, 0.3) is 0 Å². The van der Waals surface area contributed by atoms with Crippen LogP contribution in [0.25, 0.3) is 5.82 Å². The highest BCUT2D eigenvalue weighted by molar-refractivity contribution is 7.89. The van der Waals surface area contributed by atoms with E-state index in [0.717, 1.165) is 17.0 Å². The number of ether oxygens (including phenoxy) is 1. The maximum absolute atomic E-state index is 12.5. The van der Waals surface area contributed by atoms with Gasteiger partial charge in [-0.2, -0.15) is 5.10 Å². The molecule has 3 rings (SSSR count). The fourth-order valence-corrected chi connectivity index (χ4v) is 4.10. The second kappa shape index (κ2) is 9.23. The summed E-state index contributed by atoms with van der Waals surface area (Å²) in [4.78, 5) is 8.63. The molecule has 3 aromatic rings. The van der Waals surface area contributed by atoms with Crippen molar-refractivity contribution in [3.05, 3.63) is 53.6 Å². The van der Waals surface area contributed by atoms with Crippen LogP contribution in [0.4, 0.5) is 5.82 Å². The molecule has 9 nitrogen and oxygen atoms in total. The summed E-state index contributed by atoms with van der Waals surface area (Å²) in [5, 5.41) is 7.51. The maximum atomic E-state index is 12.5. The molecule has 2 heterocycles. The summed E-state index contributed by atoms with van der Waals surface area (Å²) in [6.07, 6.45) is 1.45. The highest BCUT2D eigenvalue weighted by atomic mass is 32.2. The number of aryl methyl sites for hydroxylation is 3. The lowest BCUT2D eigenvalue weighted by molar-refractivity contribution is 0.337. The zero-order valence-corrected chi connectivity index (χ0v) is 18.3. The van der Waals surface area contributed by atoms with Gasteiger partial charge in [0, 0.05) is 24.8 Å². The van der Waals surface area contributed by atoms with Gasteiger partial charge in [0.15, 0.2) is 5.82 Å². The van der Waals surface area contributed by atoms with E-state index in [0.29, 0.717) is 30.5 Å². The molecule has 0 aliphatic carbocycles. The minimum absolute atomic E-state index is 0.202. The minimum Gasteiger partial charge on any atom is -0.494 e. The Balaban J connectivity index is 1.59. The van der Waals surface area contributed by atoms with Crippen LogP contribution in [-0.4, -0.2) is 47.9 Å². The zero-order chi connectivity index (χ0) is 21.7. The average Bonchev–Trinajstić information content (AvgIpc) is 3.05. The van der Waals surface area contributed by atoms with Gasteiger partial charge in [-0.05, 0) is 57.5 Å². The average molecular weight is 431 g/mol. The Bertz CT molecular complexity index is 1130. The van der Waals surface area contributed by atoms with E-state index in [9.17, 15) is 8.42 Å². The molecule has 0 spiro atoms. The topological polar surface area (TPSA) is 111 Å². The van der Waals surface area contributed by atoms with E-state index in [-0.39, 0.29) is 11.4 Å². The largest absolute Gasteiger partial charge is 0.494 e. The lowest BCUT2D eigenvalue weighted by atomic mass is 10.2. The molecular weight excluding hydrogens is 404 g/mol. The van der Waals surface area contributed by atoms with Crippen molar-refractivity contribution in [2.24, 2.45) is 0 Å². The van der Waals surface area contributed by atoms with E-state index >= 15 is 0 Å². The number of aromatic nitrogens is 4. The summed E-state index contributed by atoms with van der Waals surface area (Å²) >= 11 is 0. The van der Waals surface area contributed by atoms with E-state index in [1.807, 2.05) is 33.8 Å². The molecule has 30 heavy (non-hydrogen) atoms. The summed E-state index contributed by atoms with van der Waals surface area (Å²) in [6, 6.07) is 8.55. The Morgan fingerprint density at radius 1 is 1.07 bits per heavy atom.